The van der Waals surface area contributed by atoms with Gasteiger partial charge >= 0.3 is 0 Å². The standard InChI is InChI=1S/C19H20ClFN2O4S2/c20-17-2-1-3-18(21)16(17)12-28-13-19(24)22-14-4-6-15(7-5-14)29(25,26)23-8-10-27-11-9-23/h1-7H,8-13H2,(H,22,24). The van der Waals surface area contributed by atoms with Gasteiger partial charge in [-0.25, -0.2) is 12.8 Å². The van der Waals surface area contributed by atoms with Gasteiger partial charge in [0.05, 0.1) is 23.9 Å². The molecule has 1 amide bonds. The van der Waals surface area contributed by atoms with Crippen molar-refractivity contribution in [3.63, 3.8) is 0 Å². The second kappa shape index (κ2) is 9.90. The summed E-state index contributed by atoms with van der Waals surface area (Å²) in [5, 5.41) is 3.03. The molecule has 0 bridgehead atoms. The van der Waals surface area contributed by atoms with E-state index >= 15 is 0 Å². The van der Waals surface area contributed by atoms with Gasteiger partial charge in [0.15, 0.2) is 0 Å². The minimum absolute atomic E-state index is 0.110. The summed E-state index contributed by atoms with van der Waals surface area (Å²) >= 11 is 7.21. The van der Waals surface area contributed by atoms with Gasteiger partial charge in [-0.15, -0.1) is 11.8 Å². The van der Waals surface area contributed by atoms with Gasteiger partial charge in [-0.1, -0.05) is 17.7 Å². The molecule has 2 aromatic carbocycles. The number of nitrogens with one attached hydrogen (secondary N) is 1. The van der Waals surface area contributed by atoms with Gasteiger partial charge in [-0.3, -0.25) is 4.79 Å². The number of ether oxygens (including phenoxy) is 1. The van der Waals surface area contributed by atoms with E-state index in [1.165, 1.54) is 40.3 Å². The number of hydrogen-bond donors (Lipinski definition) is 1. The number of sulfonamides is 1. The van der Waals surface area contributed by atoms with E-state index in [1.54, 1.807) is 18.2 Å². The lowest BCUT2D eigenvalue weighted by atomic mass is 10.2. The third-order valence-electron chi connectivity index (χ3n) is 4.29. The molecular formula is C19H20ClFN2O4S2. The first kappa shape index (κ1) is 22.0. The molecule has 0 radical (unpaired) electrons. The molecule has 0 saturated carbocycles. The van der Waals surface area contributed by atoms with Crippen LogP contribution in [0, 0.1) is 5.82 Å². The van der Waals surface area contributed by atoms with Crippen molar-refractivity contribution < 1.29 is 22.3 Å². The number of carbonyl (C=O) groups excluding carboxylic acids is 1. The van der Waals surface area contributed by atoms with Crippen LogP contribution in [0.1, 0.15) is 5.56 Å². The smallest absolute Gasteiger partial charge is 0.243 e. The number of thioether (sulfide) groups is 1. The fraction of sp³-hybridized carbons (Fsp3) is 0.316. The topological polar surface area (TPSA) is 75.7 Å². The third kappa shape index (κ3) is 5.70. The van der Waals surface area contributed by atoms with E-state index in [0.29, 0.717) is 42.6 Å². The number of amides is 1. The van der Waals surface area contributed by atoms with Gasteiger partial charge in [0.2, 0.25) is 15.9 Å². The van der Waals surface area contributed by atoms with Crippen molar-refractivity contribution >= 4 is 45.0 Å². The fourth-order valence-electron chi connectivity index (χ4n) is 2.76. The number of rotatable bonds is 7. The highest BCUT2D eigenvalue weighted by atomic mass is 35.5. The Bertz CT molecular complexity index is 944. The molecule has 0 atom stereocenters. The molecule has 2 aromatic rings. The zero-order valence-electron chi connectivity index (χ0n) is 15.4. The zero-order valence-corrected chi connectivity index (χ0v) is 17.8. The van der Waals surface area contributed by atoms with Gasteiger partial charge in [0.25, 0.3) is 0 Å². The Morgan fingerprint density at radius 3 is 2.52 bits per heavy atom. The fourth-order valence-corrected chi connectivity index (χ4v) is 5.33. The van der Waals surface area contributed by atoms with E-state index < -0.39 is 15.8 Å². The summed E-state index contributed by atoms with van der Waals surface area (Å²) in [6.45, 7) is 1.40. The molecule has 3 rings (SSSR count). The summed E-state index contributed by atoms with van der Waals surface area (Å²) in [7, 11) is -3.57. The van der Waals surface area contributed by atoms with E-state index in [2.05, 4.69) is 5.32 Å². The molecule has 1 fully saturated rings. The summed E-state index contributed by atoms with van der Waals surface area (Å²) in [5.41, 5.74) is 0.852. The molecule has 10 heteroatoms. The predicted molar refractivity (Wildman–Crippen MR) is 112 cm³/mol. The van der Waals surface area contributed by atoms with Crippen molar-refractivity contribution in [1.29, 1.82) is 0 Å². The van der Waals surface area contributed by atoms with Crippen molar-refractivity contribution in [2.75, 3.05) is 37.4 Å². The van der Waals surface area contributed by atoms with Crippen LogP contribution in [-0.4, -0.2) is 50.7 Å². The first-order valence-electron chi connectivity index (χ1n) is 8.86. The van der Waals surface area contributed by atoms with Crippen molar-refractivity contribution in [3.05, 3.63) is 58.9 Å². The maximum Gasteiger partial charge on any atom is 0.243 e. The summed E-state index contributed by atoms with van der Waals surface area (Å²) in [5.74, 6) is -0.289. The van der Waals surface area contributed by atoms with Gasteiger partial charge in [-0.05, 0) is 36.4 Å². The summed E-state index contributed by atoms with van der Waals surface area (Å²) in [4.78, 5) is 12.3. The molecule has 1 aliphatic rings. The van der Waals surface area contributed by atoms with Crippen LogP contribution in [0.25, 0.3) is 0 Å². The van der Waals surface area contributed by atoms with Crippen molar-refractivity contribution in [2.45, 2.75) is 10.6 Å². The average Bonchev–Trinajstić information content (AvgIpc) is 2.71. The molecule has 1 aliphatic heterocycles. The first-order valence-corrected chi connectivity index (χ1v) is 11.8. The Hall–Kier alpha value is -1.65. The normalized spacial score (nSPS) is 15.2. The van der Waals surface area contributed by atoms with Crippen LogP contribution in [0.3, 0.4) is 0 Å². The molecule has 6 nitrogen and oxygen atoms in total. The summed E-state index contributed by atoms with van der Waals surface area (Å²) < 4.78 is 45.5. The lowest BCUT2D eigenvalue weighted by Crippen LogP contribution is -2.40. The molecule has 0 unspecified atom stereocenters. The first-order chi connectivity index (χ1) is 13.9. The van der Waals surface area contributed by atoms with Crippen LogP contribution in [0.2, 0.25) is 5.02 Å². The Labute approximate surface area is 178 Å². The number of carbonyl (C=O) groups is 1. The number of halogens is 2. The quantitative estimate of drug-likeness (QED) is 0.688. The van der Waals surface area contributed by atoms with Crippen LogP contribution >= 0.6 is 23.4 Å². The maximum absolute atomic E-state index is 13.7. The highest BCUT2D eigenvalue weighted by Gasteiger charge is 2.26. The van der Waals surface area contributed by atoms with Gasteiger partial charge < -0.3 is 10.1 Å². The molecule has 0 aromatic heterocycles. The zero-order chi connectivity index (χ0) is 20.9. The molecule has 29 heavy (non-hydrogen) atoms. The van der Waals surface area contributed by atoms with Crippen molar-refractivity contribution in [3.8, 4) is 0 Å². The average molecular weight is 459 g/mol. The number of anilines is 1. The third-order valence-corrected chi connectivity index (χ3v) is 7.51. The Kier molecular flexibility index (Phi) is 7.53. The molecule has 0 aliphatic carbocycles. The monoisotopic (exact) mass is 458 g/mol. The lowest BCUT2D eigenvalue weighted by molar-refractivity contribution is -0.113. The van der Waals surface area contributed by atoms with Crippen LogP contribution in [0.4, 0.5) is 10.1 Å². The number of morpholine rings is 1. The largest absolute Gasteiger partial charge is 0.379 e. The summed E-state index contributed by atoms with van der Waals surface area (Å²) in [6.07, 6.45) is 0. The van der Waals surface area contributed by atoms with Gasteiger partial charge in [0.1, 0.15) is 5.82 Å². The second-order valence-corrected chi connectivity index (χ2v) is 9.61. The molecule has 0 spiro atoms. The van der Waals surface area contributed by atoms with E-state index in [0.717, 1.165) is 0 Å². The Balaban J connectivity index is 1.53. The molecular weight excluding hydrogens is 439 g/mol. The van der Waals surface area contributed by atoms with E-state index in [-0.39, 0.29) is 22.3 Å². The van der Waals surface area contributed by atoms with Gasteiger partial charge in [0, 0.05) is 35.1 Å². The highest BCUT2D eigenvalue weighted by Crippen LogP contribution is 2.24. The lowest BCUT2D eigenvalue weighted by Gasteiger charge is -2.26. The second-order valence-electron chi connectivity index (χ2n) is 6.28. The Morgan fingerprint density at radius 1 is 1.17 bits per heavy atom. The maximum atomic E-state index is 13.7. The van der Waals surface area contributed by atoms with Gasteiger partial charge in [-0.2, -0.15) is 4.31 Å². The predicted octanol–water partition coefficient (Wildman–Crippen LogP) is 3.37. The highest BCUT2D eigenvalue weighted by molar-refractivity contribution is 7.99. The van der Waals surface area contributed by atoms with Crippen LogP contribution in [-0.2, 0) is 25.3 Å². The van der Waals surface area contributed by atoms with E-state index in [9.17, 15) is 17.6 Å². The van der Waals surface area contributed by atoms with Crippen LogP contribution in [0.15, 0.2) is 47.4 Å². The number of benzene rings is 2. The number of nitrogens with zero attached hydrogens (tertiary/aromatic N) is 1. The minimum Gasteiger partial charge on any atom is -0.379 e. The molecule has 1 N–H and O–H groups in total. The number of hydrogen-bond acceptors (Lipinski definition) is 5. The molecule has 156 valence electrons. The SMILES string of the molecule is O=C(CSCc1c(F)cccc1Cl)Nc1ccc(S(=O)(=O)N2CCOCC2)cc1. The van der Waals surface area contributed by atoms with E-state index in [4.69, 9.17) is 16.3 Å². The van der Waals surface area contributed by atoms with Crippen LogP contribution in [0.5, 0.6) is 0 Å². The molecule has 1 heterocycles. The Morgan fingerprint density at radius 2 is 1.86 bits per heavy atom. The minimum atomic E-state index is -3.57. The van der Waals surface area contributed by atoms with Crippen molar-refractivity contribution in [1.82, 2.24) is 4.31 Å². The van der Waals surface area contributed by atoms with E-state index in [1.807, 2.05) is 0 Å². The molecule has 1 saturated heterocycles. The summed E-state index contributed by atoms with van der Waals surface area (Å²) in [6, 6.07) is 10.5. The van der Waals surface area contributed by atoms with Crippen molar-refractivity contribution in [2.24, 2.45) is 0 Å². The van der Waals surface area contributed by atoms with Crippen LogP contribution < -0.4 is 5.32 Å².